The Hall–Kier alpha value is -3.49. The first-order valence-corrected chi connectivity index (χ1v) is 9.90. The van der Waals surface area contributed by atoms with Crippen molar-refractivity contribution in [1.29, 1.82) is 0 Å². The molecule has 1 saturated carbocycles. The first-order chi connectivity index (χ1) is 14.5. The van der Waals surface area contributed by atoms with Crippen molar-refractivity contribution in [2.75, 3.05) is 36.0 Å². The molecule has 1 aromatic carbocycles. The molecule has 1 aliphatic heterocycles. The van der Waals surface area contributed by atoms with Gasteiger partial charge in [0.1, 0.15) is 17.2 Å². The van der Waals surface area contributed by atoms with Gasteiger partial charge < -0.3 is 19.5 Å². The zero-order chi connectivity index (χ0) is 20.8. The monoisotopic (exact) mass is 409 g/mol. The number of aromatic nitrogens is 3. The van der Waals surface area contributed by atoms with E-state index in [0.29, 0.717) is 37.4 Å². The predicted molar refractivity (Wildman–Crippen MR) is 110 cm³/mol. The van der Waals surface area contributed by atoms with Crippen LogP contribution in [0.5, 0.6) is 0 Å². The second kappa shape index (κ2) is 7.08. The molecule has 0 unspecified atom stereocenters. The molecule has 9 heteroatoms. The lowest BCUT2D eigenvalue weighted by atomic mass is 10.1. The van der Waals surface area contributed by atoms with Crippen molar-refractivity contribution < 1.29 is 14.3 Å². The van der Waals surface area contributed by atoms with Crippen molar-refractivity contribution >= 4 is 28.4 Å². The summed E-state index contributed by atoms with van der Waals surface area (Å²) in [7, 11) is 0. The van der Waals surface area contributed by atoms with Crippen LogP contribution in [0.25, 0.3) is 10.9 Å². The van der Waals surface area contributed by atoms with Crippen LogP contribution in [0.3, 0.4) is 0 Å². The fourth-order valence-corrected chi connectivity index (χ4v) is 4.04. The highest BCUT2D eigenvalue weighted by molar-refractivity contribution is 5.93. The molecular formula is C21H20FN5O3. The predicted octanol–water partition coefficient (Wildman–Crippen LogP) is 2.29. The lowest BCUT2D eigenvalue weighted by Crippen LogP contribution is -2.47. The molecule has 3 heterocycles. The van der Waals surface area contributed by atoms with E-state index in [1.54, 1.807) is 24.7 Å². The number of pyridine rings is 1. The van der Waals surface area contributed by atoms with Crippen molar-refractivity contribution in [1.82, 2.24) is 14.5 Å². The number of rotatable bonds is 4. The molecule has 0 amide bonds. The van der Waals surface area contributed by atoms with Crippen molar-refractivity contribution in [3.8, 4) is 0 Å². The summed E-state index contributed by atoms with van der Waals surface area (Å²) in [6.07, 6.45) is 8.21. The van der Waals surface area contributed by atoms with Crippen molar-refractivity contribution in [3.05, 3.63) is 58.5 Å². The summed E-state index contributed by atoms with van der Waals surface area (Å²) in [5.74, 6) is -1.02. The number of fused-ring (bicyclic) bond motifs is 1. The molecule has 2 fully saturated rings. The Morgan fingerprint density at radius 3 is 2.47 bits per heavy atom. The summed E-state index contributed by atoms with van der Waals surface area (Å²) >= 11 is 0. The highest BCUT2D eigenvalue weighted by Gasteiger charge is 2.28. The van der Waals surface area contributed by atoms with E-state index in [2.05, 4.69) is 14.9 Å². The van der Waals surface area contributed by atoms with Crippen LogP contribution in [0.4, 0.5) is 15.9 Å². The van der Waals surface area contributed by atoms with Gasteiger partial charge in [-0.1, -0.05) is 0 Å². The van der Waals surface area contributed by atoms with E-state index < -0.39 is 17.2 Å². The van der Waals surface area contributed by atoms with E-state index in [9.17, 15) is 14.7 Å². The van der Waals surface area contributed by atoms with Crippen LogP contribution in [0, 0.1) is 5.82 Å². The third-order valence-electron chi connectivity index (χ3n) is 5.77. The quantitative estimate of drug-likeness (QED) is 0.707. The van der Waals surface area contributed by atoms with Crippen LogP contribution in [0.15, 0.2) is 41.7 Å². The Morgan fingerprint density at radius 1 is 1.10 bits per heavy atom. The summed E-state index contributed by atoms with van der Waals surface area (Å²) in [4.78, 5) is 36.5. The highest BCUT2D eigenvalue weighted by Crippen LogP contribution is 2.38. The van der Waals surface area contributed by atoms with Gasteiger partial charge in [-0.25, -0.2) is 14.2 Å². The number of anilines is 2. The lowest BCUT2D eigenvalue weighted by Gasteiger charge is -2.36. The van der Waals surface area contributed by atoms with Crippen LogP contribution in [0.1, 0.15) is 29.2 Å². The van der Waals surface area contributed by atoms with Crippen LogP contribution >= 0.6 is 0 Å². The third kappa shape index (κ3) is 3.16. The first kappa shape index (κ1) is 18.5. The van der Waals surface area contributed by atoms with E-state index in [1.165, 1.54) is 12.3 Å². The Balaban J connectivity index is 1.51. The van der Waals surface area contributed by atoms with Gasteiger partial charge >= 0.3 is 5.97 Å². The highest BCUT2D eigenvalue weighted by atomic mass is 19.1. The van der Waals surface area contributed by atoms with Gasteiger partial charge in [0, 0.05) is 56.2 Å². The summed E-state index contributed by atoms with van der Waals surface area (Å²) in [6, 6.07) is 3.03. The molecule has 1 saturated heterocycles. The van der Waals surface area contributed by atoms with Gasteiger partial charge in [-0.3, -0.25) is 9.78 Å². The minimum Gasteiger partial charge on any atom is -0.477 e. The largest absolute Gasteiger partial charge is 0.477 e. The van der Waals surface area contributed by atoms with Gasteiger partial charge in [0.2, 0.25) is 5.43 Å². The first-order valence-electron chi connectivity index (χ1n) is 9.90. The second-order valence-electron chi connectivity index (χ2n) is 7.67. The number of halogens is 1. The summed E-state index contributed by atoms with van der Waals surface area (Å²) in [5.41, 5.74) is 0.0462. The number of carboxylic acid groups (broad SMARTS) is 1. The van der Waals surface area contributed by atoms with Gasteiger partial charge in [0.05, 0.1) is 17.4 Å². The minimum absolute atomic E-state index is 0.112. The van der Waals surface area contributed by atoms with E-state index in [4.69, 9.17) is 0 Å². The van der Waals surface area contributed by atoms with E-state index >= 15 is 4.39 Å². The van der Waals surface area contributed by atoms with E-state index in [0.717, 1.165) is 18.7 Å². The summed E-state index contributed by atoms with van der Waals surface area (Å²) in [5, 5.41) is 9.48. The van der Waals surface area contributed by atoms with Gasteiger partial charge in [0.15, 0.2) is 0 Å². The second-order valence-corrected chi connectivity index (χ2v) is 7.67. The van der Waals surface area contributed by atoms with Gasteiger partial charge in [-0.2, -0.15) is 0 Å². The number of hydrogen-bond donors (Lipinski definition) is 1. The smallest absolute Gasteiger partial charge is 0.341 e. The standard InChI is InChI=1S/C21H20FN5O3/c22-16-9-14-17(27(13-1-2-13)12-15(20(14)28)21(29)30)10-18(16)25-5-7-26(8-6-25)19-11-23-3-4-24-19/h3-4,9-13H,1-2,5-8H2,(H,29,30). The van der Waals surface area contributed by atoms with Gasteiger partial charge in [-0.05, 0) is 25.0 Å². The topological polar surface area (TPSA) is 91.6 Å². The number of benzene rings is 1. The molecule has 0 spiro atoms. The van der Waals surface area contributed by atoms with Gasteiger partial charge in [-0.15, -0.1) is 0 Å². The maximum atomic E-state index is 15.0. The summed E-state index contributed by atoms with van der Waals surface area (Å²) < 4.78 is 16.8. The van der Waals surface area contributed by atoms with Crippen LogP contribution < -0.4 is 15.2 Å². The number of carbonyl (C=O) groups is 1. The summed E-state index contributed by atoms with van der Waals surface area (Å²) in [6.45, 7) is 2.53. The maximum absolute atomic E-state index is 15.0. The molecule has 2 aromatic heterocycles. The number of hydrogen-bond acceptors (Lipinski definition) is 6. The number of nitrogens with zero attached hydrogens (tertiary/aromatic N) is 5. The van der Waals surface area contributed by atoms with Crippen molar-refractivity contribution in [2.45, 2.75) is 18.9 Å². The molecule has 1 aliphatic carbocycles. The number of aromatic carboxylic acids is 1. The van der Waals surface area contributed by atoms with Crippen LogP contribution in [0.2, 0.25) is 0 Å². The average molecular weight is 409 g/mol. The fraction of sp³-hybridized carbons (Fsp3) is 0.333. The molecule has 154 valence electrons. The molecule has 0 bridgehead atoms. The Kier molecular flexibility index (Phi) is 4.38. The molecule has 0 radical (unpaired) electrons. The normalized spacial score (nSPS) is 16.8. The molecule has 30 heavy (non-hydrogen) atoms. The molecule has 8 nitrogen and oxygen atoms in total. The molecule has 3 aromatic rings. The van der Waals surface area contributed by atoms with Crippen LogP contribution in [-0.2, 0) is 0 Å². The lowest BCUT2D eigenvalue weighted by molar-refractivity contribution is 0.0695. The zero-order valence-corrected chi connectivity index (χ0v) is 16.2. The zero-order valence-electron chi connectivity index (χ0n) is 16.2. The Bertz CT molecular complexity index is 1180. The molecule has 2 aliphatic rings. The molecule has 1 N–H and O–H groups in total. The Morgan fingerprint density at radius 2 is 1.83 bits per heavy atom. The fourth-order valence-electron chi connectivity index (χ4n) is 4.04. The molecule has 5 rings (SSSR count). The number of carboxylic acids is 1. The van der Waals surface area contributed by atoms with Crippen LogP contribution in [-0.4, -0.2) is 51.8 Å². The third-order valence-corrected chi connectivity index (χ3v) is 5.77. The Labute approximate surface area is 171 Å². The maximum Gasteiger partial charge on any atom is 0.341 e. The number of piperazine rings is 1. The average Bonchev–Trinajstić information content (AvgIpc) is 3.60. The SMILES string of the molecule is O=C(O)c1cn(C2CC2)c2cc(N3CCN(c4cnccn4)CC3)c(F)cc2c1=O. The minimum atomic E-state index is -1.29. The van der Waals surface area contributed by atoms with E-state index in [1.807, 2.05) is 9.47 Å². The molecular weight excluding hydrogens is 389 g/mol. The molecule has 0 atom stereocenters. The van der Waals surface area contributed by atoms with Crippen molar-refractivity contribution in [2.24, 2.45) is 0 Å². The van der Waals surface area contributed by atoms with E-state index in [-0.39, 0.29) is 17.0 Å². The van der Waals surface area contributed by atoms with Crippen molar-refractivity contribution in [3.63, 3.8) is 0 Å². The van der Waals surface area contributed by atoms with Gasteiger partial charge in [0.25, 0.3) is 0 Å².